The van der Waals surface area contributed by atoms with Crippen molar-refractivity contribution in [1.29, 1.82) is 0 Å². The van der Waals surface area contributed by atoms with Gasteiger partial charge >= 0.3 is 12.1 Å². The highest BCUT2D eigenvalue weighted by atomic mass is 16.6. The Morgan fingerprint density at radius 1 is 1.50 bits per heavy atom. The number of amides is 1. The molecule has 1 aliphatic heterocycles. The summed E-state index contributed by atoms with van der Waals surface area (Å²) in [7, 11) is 1.34. The zero-order valence-corrected chi connectivity index (χ0v) is 11.1. The summed E-state index contributed by atoms with van der Waals surface area (Å²) >= 11 is 0. The van der Waals surface area contributed by atoms with Crippen molar-refractivity contribution in [2.75, 3.05) is 20.3 Å². The van der Waals surface area contributed by atoms with Crippen molar-refractivity contribution in [2.24, 2.45) is 5.92 Å². The van der Waals surface area contributed by atoms with Gasteiger partial charge in [0.05, 0.1) is 7.11 Å². The van der Waals surface area contributed by atoms with Gasteiger partial charge in [-0.3, -0.25) is 4.90 Å². The Labute approximate surface area is 108 Å². The molecular weight excluding hydrogens is 234 g/mol. The molecule has 0 aromatic carbocycles. The lowest BCUT2D eigenvalue weighted by atomic mass is 10.0. The molecule has 1 aliphatic rings. The molecular formula is C13H21NO4. The number of carbonyl (C=O) groups is 2. The SMILES string of the molecule is C=CCOC(=O)N1CC(CCC)CC1C(=O)OC. The monoisotopic (exact) mass is 255 g/mol. The van der Waals surface area contributed by atoms with Crippen LogP contribution in [0, 0.1) is 5.92 Å². The van der Waals surface area contributed by atoms with Crippen LogP contribution in [0.1, 0.15) is 26.2 Å². The summed E-state index contributed by atoms with van der Waals surface area (Å²) in [5.74, 6) is -0.0282. The number of hydrogen-bond acceptors (Lipinski definition) is 4. The molecule has 0 spiro atoms. The topological polar surface area (TPSA) is 55.8 Å². The number of hydrogen-bond donors (Lipinski definition) is 0. The molecule has 0 N–H and O–H groups in total. The molecule has 5 heteroatoms. The molecule has 1 amide bonds. The van der Waals surface area contributed by atoms with Gasteiger partial charge in [-0.1, -0.05) is 26.0 Å². The van der Waals surface area contributed by atoms with Gasteiger partial charge in [-0.15, -0.1) is 0 Å². The number of likely N-dealkylation sites (tertiary alicyclic amines) is 1. The average Bonchev–Trinajstić information content (AvgIpc) is 2.79. The summed E-state index contributed by atoms with van der Waals surface area (Å²) in [6.45, 7) is 6.29. The number of ether oxygens (including phenoxy) is 2. The largest absolute Gasteiger partial charge is 0.467 e. The molecule has 1 saturated heterocycles. The van der Waals surface area contributed by atoms with Crippen LogP contribution in [0.25, 0.3) is 0 Å². The van der Waals surface area contributed by atoms with E-state index in [9.17, 15) is 9.59 Å². The first-order chi connectivity index (χ1) is 8.63. The quantitative estimate of drug-likeness (QED) is 0.556. The first-order valence-corrected chi connectivity index (χ1v) is 6.26. The van der Waals surface area contributed by atoms with Gasteiger partial charge < -0.3 is 9.47 Å². The van der Waals surface area contributed by atoms with E-state index in [0.717, 1.165) is 12.8 Å². The second-order valence-corrected chi connectivity index (χ2v) is 4.45. The summed E-state index contributed by atoms with van der Waals surface area (Å²) < 4.78 is 9.72. The fraction of sp³-hybridized carbons (Fsp3) is 0.692. The maximum atomic E-state index is 11.8. The fourth-order valence-electron chi connectivity index (χ4n) is 2.31. The van der Waals surface area contributed by atoms with Crippen molar-refractivity contribution in [3.05, 3.63) is 12.7 Å². The molecule has 102 valence electrons. The molecule has 5 nitrogen and oxygen atoms in total. The predicted molar refractivity (Wildman–Crippen MR) is 67.1 cm³/mol. The second-order valence-electron chi connectivity index (χ2n) is 4.45. The Bertz CT molecular complexity index is 316. The van der Waals surface area contributed by atoms with E-state index in [2.05, 4.69) is 13.5 Å². The van der Waals surface area contributed by atoms with Gasteiger partial charge in [0.25, 0.3) is 0 Å². The number of methoxy groups -OCH3 is 1. The minimum Gasteiger partial charge on any atom is -0.467 e. The van der Waals surface area contributed by atoms with Gasteiger partial charge in [0.15, 0.2) is 0 Å². The molecule has 1 fully saturated rings. The standard InChI is InChI=1S/C13H21NO4/c1-4-6-10-8-11(12(15)17-3)14(9-10)13(16)18-7-5-2/h5,10-11H,2,4,6-9H2,1,3H3. The first kappa shape index (κ1) is 14.5. The summed E-state index contributed by atoms with van der Waals surface area (Å²) in [6.07, 6.45) is 3.73. The molecule has 0 aromatic heterocycles. The van der Waals surface area contributed by atoms with Gasteiger partial charge in [-0.25, -0.2) is 9.59 Å². The predicted octanol–water partition coefficient (Wildman–Crippen LogP) is 1.97. The van der Waals surface area contributed by atoms with E-state index in [1.165, 1.54) is 18.1 Å². The molecule has 2 atom stereocenters. The van der Waals surface area contributed by atoms with E-state index in [4.69, 9.17) is 9.47 Å². The van der Waals surface area contributed by atoms with Crippen LogP contribution in [0.15, 0.2) is 12.7 Å². The molecule has 0 saturated carbocycles. The Kier molecular flexibility index (Phi) is 5.68. The van der Waals surface area contributed by atoms with E-state index >= 15 is 0 Å². The molecule has 2 unspecified atom stereocenters. The molecule has 1 rings (SSSR count). The van der Waals surface area contributed by atoms with Crippen molar-refractivity contribution in [3.8, 4) is 0 Å². The Morgan fingerprint density at radius 3 is 2.78 bits per heavy atom. The number of rotatable bonds is 5. The van der Waals surface area contributed by atoms with Crippen LogP contribution in [0.4, 0.5) is 4.79 Å². The molecule has 0 bridgehead atoms. The fourth-order valence-corrected chi connectivity index (χ4v) is 2.31. The van der Waals surface area contributed by atoms with Gasteiger partial charge in [0.1, 0.15) is 12.6 Å². The number of carbonyl (C=O) groups excluding carboxylic acids is 2. The highest BCUT2D eigenvalue weighted by Gasteiger charge is 2.40. The van der Waals surface area contributed by atoms with Crippen LogP contribution >= 0.6 is 0 Å². The van der Waals surface area contributed by atoms with Crippen molar-refractivity contribution in [1.82, 2.24) is 4.90 Å². The van der Waals surface area contributed by atoms with Crippen LogP contribution < -0.4 is 0 Å². The van der Waals surface area contributed by atoms with Crippen molar-refractivity contribution >= 4 is 12.1 Å². The third kappa shape index (κ3) is 3.48. The summed E-state index contributed by atoms with van der Waals surface area (Å²) in [4.78, 5) is 25.0. The Morgan fingerprint density at radius 2 is 2.22 bits per heavy atom. The summed E-state index contributed by atoms with van der Waals surface area (Å²) in [5, 5.41) is 0. The van der Waals surface area contributed by atoms with E-state index in [1.54, 1.807) is 0 Å². The zero-order chi connectivity index (χ0) is 13.5. The minimum atomic E-state index is -0.510. The highest BCUT2D eigenvalue weighted by Crippen LogP contribution is 2.28. The maximum absolute atomic E-state index is 11.8. The van der Waals surface area contributed by atoms with Crippen molar-refractivity contribution < 1.29 is 19.1 Å². The lowest BCUT2D eigenvalue weighted by Gasteiger charge is -2.21. The molecule has 0 aromatic rings. The lowest BCUT2D eigenvalue weighted by molar-refractivity contribution is -0.145. The number of nitrogens with zero attached hydrogens (tertiary/aromatic N) is 1. The van der Waals surface area contributed by atoms with Crippen LogP contribution in [0.3, 0.4) is 0 Å². The molecule has 0 radical (unpaired) electrons. The summed E-state index contributed by atoms with van der Waals surface area (Å²) in [5.41, 5.74) is 0. The Hall–Kier alpha value is -1.52. The van der Waals surface area contributed by atoms with Gasteiger partial charge in [0.2, 0.25) is 0 Å². The third-order valence-corrected chi connectivity index (χ3v) is 3.12. The van der Waals surface area contributed by atoms with Crippen LogP contribution in [-0.4, -0.2) is 43.3 Å². The van der Waals surface area contributed by atoms with Crippen molar-refractivity contribution in [3.63, 3.8) is 0 Å². The summed E-state index contributed by atoms with van der Waals surface area (Å²) in [6, 6.07) is -0.510. The maximum Gasteiger partial charge on any atom is 0.410 e. The van der Waals surface area contributed by atoms with E-state index in [0.29, 0.717) is 18.9 Å². The molecule has 18 heavy (non-hydrogen) atoms. The van der Waals surface area contributed by atoms with E-state index in [1.807, 2.05) is 0 Å². The first-order valence-electron chi connectivity index (χ1n) is 6.26. The average molecular weight is 255 g/mol. The van der Waals surface area contributed by atoms with Gasteiger partial charge in [-0.05, 0) is 18.8 Å². The third-order valence-electron chi connectivity index (χ3n) is 3.12. The highest BCUT2D eigenvalue weighted by molar-refractivity contribution is 5.82. The van der Waals surface area contributed by atoms with Crippen LogP contribution in [0.2, 0.25) is 0 Å². The second kappa shape index (κ2) is 7.03. The molecule has 0 aliphatic carbocycles. The van der Waals surface area contributed by atoms with Gasteiger partial charge in [-0.2, -0.15) is 0 Å². The minimum absolute atomic E-state index is 0.154. The zero-order valence-electron chi connectivity index (χ0n) is 11.1. The smallest absolute Gasteiger partial charge is 0.410 e. The van der Waals surface area contributed by atoms with E-state index in [-0.39, 0.29) is 12.6 Å². The molecule has 1 heterocycles. The normalized spacial score (nSPS) is 22.7. The van der Waals surface area contributed by atoms with Crippen molar-refractivity contribution in [2.45, 2.75) is 32.2 Å². The lowest BCUT2D eigenvalue weighted by Crippen LogP contribution is -2.41. The van der Waals surface area contributed by atoms with Crippen LogP contribution in [0.5, 0.6) is 0 Å². The number of esters is 1. The van der Waals surface area contributed by atoms with Crippen LogP contribution in [-0.2, 0) is 14.3 Å². The van der Waals surface area contributed by atoms with Gasteiger partial charge in [0, 0.05) is 6.54 Å². The Balaban J connectivity index is 2.68. The van der Waals surface area contributed by atoms with E-state index < -0.39 is 12.1 Å².